The maximum atomic E-state index is 12.2. The predicted octanol–water partition coefficient (Wildman–Crippen LogP) is 3.24. The van der Waals surface area contributed by atoms with Crippen molar-refractivity contribution in [2.24, 2.45) is 0 Å². The van der Waals surface area contributed by atoms with Crippen molar-refractivity contribution < 1.29 is 9.59 Å². The van der Waals surface area contributed by atoms with Crippen LogP contribution < -0.4 is 10.9 Å². The van der Waals surface area contributed by atoms with Gasteiger partial charge in [0.25, 0.3) is 5.56 Å². The van der Waals surface area contributed by atoms with Crippen molar-refractivity contribution >= 4 is 29.1 Å². The molecule has 1 heterocycles. The zero-order valence-corrected chi connectivity index (χ0v) is 16.2. The highest BCUT2D eigenvalue weighted by atomic mass is 32.2. The van der Waals surface area contributed by atoms with Gasteiger partial charge >= 0.3 is 0 Å². The molecule has 0 aliphatic rings. The summed E-state index contributed by atoms with van der Waals surface area (Å²) in [5.74, 6) is -0.417. The van der Waals surface area contributed by atoms with Crippen molar-refractivity contribution in [3.05, 3.63) is 76.1 Å². The Balaban J connectivity index is 1.76. The number of nitrogens with zero attached hydrogens (tertiary/aromatic N) is 2. The number of thioether (sulfide) groups is 1. The summed E-state index contributed by atoms with van der Waals surface area (Å²) in [6, 6.07) is 17.4. The number of rotatable bonds is 6. The summed E-state index contributed by atoms with van der Waals surface area (Å²) in [5, 5.41) is 12.2. The summed E-state index contributed by atoms with van der Waals surface area (Å²) < 4.78 is 0. The third-order valence-electron chi connectivity index (χ3n) is 3.95. The second-order valence-electron chi connectivity index (χ2n) is 6.05. The minimum Gasteiger partial charge on any atom is -0.325 e. The monoisotopic (exact) mass is 404 g/mol. The highest BCUT2D eigenvalue weighted by Gasteiger charge is 2.14. The van der Waals surface area contributed by atoms with Gasteiger partial charge in [-0.2, -0.15) is 5.26 Å². The van der Waals surface area contributed by atoms with Gasteiger partial charge in [-0.3, -0.25) is 14.4 Å². The summed E-state index contributed by atoms with van der Waals surface area (Å²) in [4.78, 5) is 42.8. The van der Waals surface area contributed by atoms with Gasteiger partial charge in [0.1, 0.15) is 11.6 Å². The number of Topliss-reactive ketones (excluding diaryl/α,β-unsaturated/α-hetero) is 1. The predicted molar refractivity (Wildman–Crippen MR) is 111 cm³/mol. The molecule has 0 bridgehead atoms. The SMILES string of the molecule is CC(=O)c1cccc(NC(=O)CSc2nc(-c3ccccc3)c(C#N)c(=O)[nH]2)c1. The van der Waals surface area contributed by atoms with E-state index in [-0.39, 0.29) is 33.9 Å². The van der Waals surface area contributed by atoms with Crippen molar-refractivity contribution in [2.45, 2.75) is 12.1 Å². The van der Waals surface area contributed by atoms with Crippen LogP contribution in [-0.2, 0) is 4.79 Å². The van der Waals surface area contributed by atoms with Gasteiger partial charge in [-0.15, -0.1) is 0 Å². The number of carbonyl (C=O) groups excluding carboxylic acids is 2. The molecule has 3 rings (SSSR count). The lowest BCUT2D eigenvalue weighted by Gasteiger charge is -2.08. The van der Waals surface area contributed by atoms with E-state index in [0.717, 1.165) is 11.8 Å². The molecule has 3 aromatic rings. The van der Waals surface area contributed by atoms with Crippen molar-refractivity contribution in [3.8, 4) is 17.3 Å². The van der Waals surface area contributed by atoms with Gasteiger partial charge in [-0.25, -0.2) is 4.98 Å². The van der Waals surface area contributed by atoms with Crippen LogP contribution in [0.1, 0.15) is 22.8 Å². The van der Waals surface area contributed by atoms with E-state index in [2.05, 4.69) is 15.3 Å². The number of ketones is 1. The van der Waals surface area contributed by atoms with E-state index >= 15 is 0 Å². The van der Waals surface area contributed by atoms with Crippen LogP contribution in [0.25, 0.3) is 11.3 Å². The third-order valence-corrected chi connectivity index (χ3v) is 4.82. The highest BCUT2D eigenvalue weighted by molar-refractivity contribution is 7.99. The van der Waals surface area contributed by atoms with Crippen LogP contribution in [-0.4, -0.2) is 27.4 Å². The van der Waals surface area contributed by atoms with Crippen molar-refractivity contribution in [1.29, 1.82) is 5.26 Å². The van der Waals surface area contributed by atoms with E-state index in [9.17, 15) is 19.6 Å². The van der Waals surface area contributed by atoms with Crippen LogP contribution in [0.5, 0.6) is 0 Å². The molecule has 0 spiro atoms. The molecule has 1 amide bonds. The molecule has 0 saturated heterocycles. The number of aromatic nitrogens is 2. The number of nitrogens with one attached hydrogen (secondary N) is 2. The molecular formula is C21H16N4O3S. The van der Waals surface area contributed by atoms with Gasteiger partial charge in [0.05, 0.1) is 11.4 Å². The summed E-state index contributed by atoms with van der Waals surface area (Å²) >= 11 is 1.05. The maximum absolute atomic E-state index is 12.2. The van der Waals surface area contributed by atoms with Gasteiger partial charge in [0.15, 0.2) is 10.9 Å². The molecule has 7 nitrogen and oxygen atoms in total. The minimum absolute atomic E-state index is 0.00658. The molecule has 0 unspecified atom stereocenters. The zero-order chi connectivity index (χ0) is 20.8. The zero-order valence-electron chi connectivity index (χ0n) is 15.4. The molecule has 144 valence electrons. The molecule has 1 aromatic heterocycles. The van der Waals surface area contributed by atoms with Crippen molar-refractivity contribution in [2.75, 3.05) is 11.1 Å². The first-order valence-corrected chi connectivity index (χ1v) is 9.60. The standard InChI is InChI=1S/C21H16N4O3S/c1-13(26)15-8-5-9-16(10-15)23-18(27)12-29-21-24-19(14-6-3-2-4-7-14)17(11-22)20(28)25-21/h2-10H,12H2,1H3,(H,23,27)(H,24,25,28). The minimum atomic E-state index is -0.557. The van der Waals surface area contributed by atoms with Crippen LogP contribution in [0, 0.1) is 11.3 Å². The first kappa shape index (κ1) is 20.0. The van der Waals surface area contributed by atoms with E-state index in [0.29, 0.717) is 16.8 Å². The number of nitriles is 1. The number of amides is 1. The molecule has 0 atom stereocenters. The molecule has 29 heavy (non-hydrogen) atoms. The van der Waals surface area contributed by atoms with E-state index in [1.165, 1.54) is 6.92 Å². The Morgan fingerprint density at radius 1 is 1.17 bits per heavy atom. The van der Waals surface area contributed by atoms with Crippen LogP contribution in [0.2, 0.25) is 0 Å². The first-order chi connectivity index (χ1) is 14.0. The third kappa shape index (κ3) is 4.97. The fraction of sp³-hybridized carbons (Fsp3) is 0.0952. The topological polar surface area (TPSA) is 116 Å². The van der Waals surface area contributed by atoms with Crippen molar-refractivity contribution in [1.82, 2.24) is 9.97 Å². The Morgan fingerprint density at radius 2 is 1.93 bits per heavy atom. The molecule has 0 saturated carbocycles. The summed E-state index contributed by atoms with van der Waals surface area (Å²) in [5.41, 5.74) is 1.29. The lowest BCUT2D eigenvalue weighted by molar-refractivity contribution is -0.113. The van der Waals surface area contributed by atoms with Gasteiger partial charge in [-0.05, 0) is 19.1 Å². The number of hydrogen-bond donors (Lipinski definition) is 2. The lowest BCUT2D eigenvalue weighted by Crippen LogP contribution is -2.17. The Hall–Kier alpha value is -3.70. The number of aromatic amines is 1. The van der Waals surface area contributed by atoms with E-state index in [4.69, 9.17) is 0 Å². The van der Waals surface area contributed by atoms with Gasteiger partial charge < -0.3 is 10.3 Å². The Labute approximate surface area is 170 Å². The lowest BCUT2D eigenvalue weighted by atomic mass is 10.1. The Kier molecular flexibility index (Phi) is 6.22. The van der Waals surface area contributed by atoms with Crippen LogP contribution in [0.4, 0.5) is 5.69 Å². The maximum Gasteiger partial charge on any atom is 0.270 e. The number of H-pyrrole nitrogens is 1. The molecule has 8 heteroatoms. The van der Waals surface area contributed by atoms with E-state index in [1.807, 2.05) is 12.1 Å². The fourth-order valence-electron chi connectivity index (χ4n) is 2.58. The van der Waals surface area contributed by atoms with E-state index < -0.39 is 5.56 Å². The average Bonchev–Trinajstić information content (AvgIpc) is 2.72. The largest absolute Gasteiger partial charge is 0.325 e. The normalized spacial score (nSPS) is 10.2. The smallest absolute Gasteiger partial charge is 0.270 e. The number of hydrogen-bond acceptors (Lipinski definition) is 6. The molecule has 2 aromatic carbocycles. The van der Waals surface area contributed by atoms with Crippen LogP contribution in [0.3, 0.4) is 0 Å². The van der Waals surface area contributed by atoms with Gasteiger partial charge in [-0.1, -0.05) is 54.2 Å². The highest BCUT2D eigenvalue weighted by Crippen LogP contribution is 2.22. The Bertz CT molecular complexity index is 1170. The summed E-state index contributed by atoms with van der Waals surface area (Å²) in [7, 11) is 0. The first-order valence-electron chi connectivity index (χ1n) is 8.61. The molecule has 0 radical (unpaired) electrons. The molecule has 2 N–H and O–H groups in total. The Morgan fingerprint density at radius 3 is 2.62 bits per heavy atom. The summed E-state index contributed by atoms with van der Waals surface area (Å²) in [6.07, 6.45) is 0. The van der Waals surface area contributed by atoms with Gasteiger partial charge in [0, 0.05) is 16.8 Å². The molecule has 0 fully saturated rings. The van der Waals surface area contributed by atoms with Gasteiger partial charge in [0.2, 0.25) is 5.91 Å². The molecule has 0 aliphatic heterocycles. The number of carbonyl (C=O) groups is 2. The quantitative estimate of drug-likeness (QED) is 0.370. The van der Waals surface area contributed by atoms with Crippen LogP contribution >= 0.6 is 11.8 Å². The molecule has 0 aliphatic carbocycles. The average molecular weight is 404 g/mol. The van der Waals surface area contributed by atoms with Crippen molar-refractivity contribution in [3.63, 3.8) is 0 Å². The van der Waals surface area contributed by atoms with Crippen LogP contribution in [0.15, 0.2) is 64.5 Å². The second-order valence-corrected chi connectivity index (χ2v) is 7.01. The second kappa shape index (κ2) is 8.99. The number of anilines is 1. The molecular weight excluding hydrogens is 388 g/mol. The number of benzene rings is 2. The van der Waals surface area contributed by atoms with E-state index in [1.54, 1.807) is 48.5 Å². The summed E-state index contributed by atoms with van der Waals surface area (Å²) in [6.45, 7) is 1.45. The fourth-order valence-corrected chi connectivity index (χ4v) is 3.24.